The summed E-state index contributed by atoms with van der Waals surface area (Å²) in [6, 6.07) is 9.70. The molecule has 78 valence electrons. The topological polar surface area (TPSA) is 59.0 Å². The van der Waals surface area contributed by atoms with E-state index in [4.69, 9.17) is 15.7 Å². The van der Waals surface area contributed by atoms with Crippen LogP contribution >= 0.6 is 0 Å². The Labute approximate surface area is 89.5 Å². The van der Waals surface area contributed by atoms with Crippen LogP contribution in [0.15, 0.2) is 24.3 Å². The van der Waals surface area contributed by atoms with E-state index < -0.39 is 0 Å². The second kappa shape index (κ2) is 4.33. The third-order valence-electron chi connectivity index (χ3n) is 2.73. The minimum Gasteiger partial charge on any atom is -0.489 e. The van der Waals surface area contributed by atoms with Gasteiger partial charge in [-0.1, -0.05) is 12.1 Å². The molecule has 0 aliphatic heterocycles. The van der Waals surface area contributed by atoms with Gasteiger partial charge in [-0.15, -0.1) is 0 Å². The van der Waals surface area contributed by atoms with Gasteiger partial charge in [0.25, 0.3) is 0 Å². The van der Waals surface area contributed by atoms with E-state index in [-0.39, 0.29) is 12.1 Å². The van der Waals surface area contributed by atoms with Crippen LogP contribution in [0, 0.1) is 11.3 Å². The molecule has 1 aliphatic rings. The average Bonchev–Trinajstić information content (AvgIpc) is 2.65. The summed E-state index contributed by atoms with van der Waals surface area (Å²) >= 11 is 0. The summed E-state index contributed by atoms with van der Waals surface area (Å²) in [5.74, 6) is 0.680. The zero-order chi connectivity index (χ0) is 10.7. The molecule has 1 fully saturated rings. The van der Waals surface area contributed by atoms with Crippen molar-refractivity contribution in [3.8, 4) is 11.8 Å². The summed E-state index contributed by atoms with van der Waals surface area (Å²) in [4.78, 5) is 0. The van der Waals surface area contributed by atoms with Crippen molar-refractivity contribution >= 4 is 0 Å². The molecule has 0 heterocycles. The molecule has 3 nitrogen and oxygen atoms in total. The first-order valence-corrected chi connectivity index (χ1v) is 5.21. The van der Waals surface area contributed by atoms with Gasteiger partial charge in [0.1, 0.15) is 17.9 Å². The van der Waals surface area contributed by atoms with Crippen LogP contribution in [0.5, 0.6) is 5.75 Å². The Balaban J connectivity index is 2.08. The molecule has 1 saturated carbocycles. The number of nitrogens with zero attached hydrogens (tertiary/aromatic N) is 1. The Morgan fingerprint density at radius 2 is 2.13 bits per heavy atom. The molecule has 2 N–H and O–H groups in total. The van der Waals surface area contributed by atoms with Crippen LogP contribution in [0.2, 0.25) is 0 Å². The van der Waals surface area contributed by atoms with Gasteiger partial charge in [-0.05, 0) is 31.4 Å². The molecule has 1 aliphatic carbocycles. The lowest BCUT2D eigenvalue weighted by Crippen LogP contribution is -2.19. The molecular formula is C12H14N2O. The normalized spacial score (nSPS) is 24.8. The molecule has 2 rings (SSSR count). The highest BCUT2D eigenvalue weighted by molar-refractivity contribution is 5.42. The van der Waals surface area contributed by atoms with Crippen molar-refractivity contribution in [1.29, 1.82) is 5.26 Å². The minimum atomic E-state index is 0.175. The number of benzene rings is 1. The Kier molecular flexibility index (Phi) is 2.89. The fourth-order valence-electron chi connectivity index (χ4n) is 1.92. The van der Waals surface area contributed by atoms with Gasteiger partial charge >= 0.3 is 0 Å². The summed E-state index contributed by atoms with van der Waals surface area (Å²) in [6.45, 7) is 0. The highest BCUT2D eigenvalue weighted by Crippen LogP contribution is 2.25. The van der Waals surface area contributed by atoms with E-state index in [1.807, 2.05) is 18.2 Å². The number of hydrogen-bond acceptors (Lipinski definition) is 3. The first-order valence-electron chi connectivity index (χ1n) is 5.21. The van der Waals surface area contributed by atoms with Crippen LogP contribution in [0.1, 0.15) is 24.8 Å². The third kappa shape index (κ3) is 2.28. The molecule has 0 aromatic heterocycles. The Bertz CT molecular complexity index is 383. The van der Waals surface area contributed by atoms with Crippen LogP contribution in [0.4, 0.5) is 0 Å². The van der Waals surface area contributed by atoms with Gasteiger partial charge < -0.3 is 10.5 Å². The fourth-order valence-corrected chi connectivity index (χ4v) is 1.92. The van der Waals surface area contributed by atoms with Crippen LogP contribution < -0.4 is 10.5 Å². The van der Waals surface area contributed by atoms with E-state index in [1.54, 1.807) is 6.07 Å². The van der Waals surface area contributed by atoms with Crippen molar-refractivity contribution in [3.63, 3.8) is 0 Å². The SMILES string of the molecule is N#Cc1ccccc1OC1CCC(N)C1. The van der Waals surface area contributed by atoms with Gasteiger partial charge in [-0.25, -0.2) is 0 Å². The maximum atomic E-state index is 8.89. The summed E-state index contributed by atoms with van der Waals surface area (Å²) in [5, 5.41) is 8.89. The Hall–Kier alpha value is -1.53. The number of rotatable bonds is 2. The number of hydrogen-bond donors (Lipinski definition) is 1. The first-order chi connectivity index (χ1) is 7.29. The van der Waals surface area contributed by atoms with Gasteiger partial charge in [0.2, 0.25) is 0 Å². The molecule has 1 aromatic carbocycles. The van der Waals surface area contributed by atoms with Crippen LogP contribution in [0.25, 0.3) is 0 Å². The molecule has 0 amide bonds. The summed E-state index contributed by atoms with van der Waals surface area (Å²) in [5.41, 5.74) is 6.40. The number of nitriles is 1. The van der Waals surface area contributed by atoms with Gasteiger partial charge in [-0.2, -0.15) is 5.26 Å². The maximum Gasteiger partial charge on any atom is 0.137 e. The molecule has 0 saturated heterocycles. The molecule has 0 spiro atoms. The fraction of sp³-hybridized carbons (Fsp3) is 0.417. The molecule has 0 radical (unpaired) electrons. The predicted octanol–water partition coefficient (Wildman–Crippen LogP) is 1.82. The monoisotopic (exact) mass is 202 g/mol. The third-order valence-corrected chi connectivity index (χ3v) is 2.73. The standard InChI is InChI=1S/C12H14N2O/c13-8-9-3-1-2-4-12(9)15-11-6-5-10(14)7-11/h1-4,10-11H,5-7,14H2. The van der Waals surface area contributed by atoms with E-state index >= 15 is 0 Å². The summed E-state index contributed by atoms with van der Waals surface area (Å²) in [6.07, 6.45) is 3.06. The minimum absolute atomic E-state index is 0.175. The van der Waals surface area contributed by atoms with Crippen LogP contribution in [0.3, 0.4) is 0 Å². The van der Waals surface area contributed by atoms with Gasteiger partial charge in [0.05, 0.1) is 5.56 Å². The van der Waals surface area contributed by atoms with Gasteiger partial charge in [0.15, 0.2) is 0 Å². The molecule has 15 heavy (non-hydrogen) atoms. The van der Waals surface area contributed by atoms with Crippen LogP contribution in [-0.4, -0.2) is 12.1 Å². The van der Waals surface area contributed by atoms with Crippen molar-refractivity contribution < 1.29 is 4.74 Å². The second-order valence-corrected chi connectivity index (χ2v) is 3.92. The van der Waals surface area contributed by atoms with E-state index in [2.05, 4.69) is 6.07 Å². The summed E-state index contributed by atoms with van der Waals surface area (Å²) in [7, 11) is 0. The van der Waals surface area contributed by atoms with Crippen molar-refractivity contribution in [1.82, 2.24) is 0 Å². The van der Waals surface area contributed by atoms with Gasteiger partial charge in [0, 0.05) is 6.04 Å². The number of nitrogens with two attached hydrogens (primary N) is 1. The number of para-hydroxylation sites is 1. The largest absolute Gasteiger partial charge is 0.489 e. The molecule has 1 aromatic rings. The van der Waals surface area contributed by atoms with E-state index in [1.165, 1.54) is 0 Å². The summed E-state index contributed by atoms with van der Waals surface area (Å²) < 4.78 is 5.77. The molecule has 2 unspecified atom stereocenters. The first kappa shape index (κ1) is 10.0. The van der Waals surface area contributed by atoms with Gasteiger partial charge in [-0.3, -0.25) is 0 Å². The van der Waals surface area contributed by atoms with Crippen molar-refractivity contribution in [2.45, 2.75) is 31.4 Å². The Morgan fingerprint density at radius 1 is 1.33 bits per heavy atom. The Morgan fingerprint density at radius 3 is 2.80 bits per heavy atom. The molecule has 2 atom stereocenters. The van der Waals surface area contributed by atoms with E-state index in [9.17, 15) is 0 Å². The lowest BCUT2D eigenvalue weighted by atomic mass is 10.2. The maximum absolute atomic E-state index is 8.89. The van der Waals surface area contributed by atoms with Crippen molar-refractivity contribution in [2.24, 2.45) is 5.73 Å². The van der Waals surface area contributed by atoms with E-state index in [0.717, 1.165) is 19.3 Å². The second-order valence-electron chi connectivity index (χ2n) is 3.92. The smallest absolute Gasteiger partial charge is 0.137 e. The van der Waals surface area contributed by atoms with Crippen LogP contribution in [-0.2, 0) is 0 Å². The van der Waals surface area contributed by atoms with E-state index in [0.29, 0.717) is 11.3 Å². The lowest BCUT2D eigenvalue weighted by molar-refractivity contribution is 0.207. The van der Waals surface area contributed by atoms with Crippen molar-refractivity contribution in [2.75, 3.05) is 0 Å². The lowest BCUT2D eigenvalue weighted by Gasteiger charge is -2.14. The zero-order valence-corrected chi connectivity index (χ0v) is 8.52. The average molecular weight is 202 g/mol. The predicted molar refractivity (Wildman–Crippen MR) is 57.4 cm³/mol. The molecular weight excluding hydrogens is 188 g/mol. The quantitative estimate of drug-likeness (QED) is 0.795. The molecule has 3 heteroatoms. The highest BCUT2D eigenvalue weighted by atomic mass is 16.5. The molecule has 0 bridgehead atoms. The highest BCUT2D eigenvalue weighted by Gasteiger charge is 2.23. The van der Waals surface area contributed by atoms with Crippen molar-refractivity contribution in [3.05, 3.63) is 29.8 Å². The number of ether oxygens (including phenoxy) is 1. The zero-order valence-electron chi connectivity index (χ0n) is 8.52.